The lowest BCUT2D eigenvalue weighted by molar-refractivity contribution is 0.794. The van der Waals surface area contributed by atoms with Gasteiger partial charge < -0.3 is 0 Å². The maximum atomic E-state index is 5.01. The first-order valence-corrected chi connectivity index (χ1v) is 13.0. The first-order chi connectivity index (χ1) is 18.8. The van der Waals surface area contributed by atoms with Crippen molar-refractivity contribution in [1.82, 2.24) is 15.0 Å². The normalized spacial score (nSPS) is 13.6. The summed E-state index contributed by atoms with van der Waals surface area (Å²) in [7, 11) is 0. The van der Waals surface area contributed by atoms with Crippen molar-refractivity contribution in [2.75, 3.05) is 0 Å². The number of nitrogens with zero attached hydrogens (tertiary/aromatic N) is 3. The smallest absolute Gasteiger partial charge is 0.164 e. The molecule has 2 aliphatic carbocycles. The van der Waals surface area contributed by atoms with E-state index in [9.17, 15) is 0 Å². The second kappa shape index (κ2) is 7.80. The summed E-state index contributed by atoms with van der Waals surface area (Å²) in [6.07, 6.45) is 0. The van der Waals surface area contributed by atoms with Crippen molar-refractivity contribution in [1.29, 1.82) is 0 Å². The summed E-state index contributed by atoms with van der Waals surface area (Å²) in [6.45, 7) is 1.94. The van der Waals surface area contributed by atoms with Gasteiger partial charge in [-0.25, -0.2) is 15.0 Å². The number of aryl methyl sites for hydroxylation is 1. The predicted octanol–water partition coefficient (Wildman–Crippen LogP) is 7.86. The van der Waals surface area contributed by atoms with Crippen molar-refractivity contribution in [3.8, 4) is 45.0 Å². The van der Waals surface area contributed by atoms with Gasteiger partial charge in [0.15, 0.2) is 11.6 Å². The zero-order valence-electron chi connectivity index (χ0n) is 20.9. The van der Waals surface area contributed by atoms with Gasteiger partial charge in [0, 0.05) is 11.1 Å². The third kappa shape index (κ3) is 2.71. The third-order valence-corrected chi connectivity index (χ3v) is 8.04. The van der Waals surface area contributed by atoms with E-state index in [-0.39, 0.29) is 5.41 Å². The van der Waals surface area contributed by atoms with E-state index < -0.39 is 0 Å². The van der Waals surface area contributed by atoms with Crippen LogP contribution in [-0.2, 0) is 5.41 Å². The zero-order valence-corrected chi connectivity index (χ0v) is 20.9. The van der Waals surface area contributed by atoms with Crippen LogP contribution in [0.1, 0.15) is 28.1 Å². The second-order valence-electron chi connectivity index (χ2n) is 10.0. The van der Waals surface area contributed by atoms with Gasteiger partial charge >= 0.3 is 0 Å². The van der Waals surface area contributed by atoms with Gasteiger partial charge in [-0.05, 0) is 51.4 Å². The van der Waals surface area contributed by atoms with Crippen molar-refractivity contribution in [3.63, 3.8) is 0 Å². The molecule has 0 saturated carbocycles. The number of fused-ring (bicyclic) bond motifs is 10. The van der Waals surface area contributed by atoms with Crippen molar-refractivity contribution in [2.45, 2.75) is 12.3 Å². The molecule has 0 atom stereocenters. The van der Waals surface area contributed by atoms with Gasteiger partial charge in [0.1, 0.15) is 5.82 Å². The Kier molecular flexibility index (Phi) is 4.36. The predicted molar refractivity (Wildman–Crippen MR) is 152 cm³/mol. The van der Waals surface area contributed by atoms with E-state index in [1.165, 1.54) is 44.5 Å². The van der Waals surface area contributed by atoms with Crippen LogP contribution in [0.5, 0.6) is 0 Å². The number of hydrogen-bond acceptors (Lipinski definition) is 3. The lowest BCUT2D eigenvalue weighted by atomic mass is 9.70. The Labute approximate surface area is 221 Å². The molecule has 0 unspecified atom stereocenters. The Morgan fingerprint density at radius 3 is 1.61 bits per heavy atom. The number of aromatic nitrogens is 3. The Morgan fingerprint density at radius 1 is 0.421 bits per heavy atom. The highest BCUT2D eigenvalue weighted by atomic mass is 15.0. The fourth-order valence-electron chi connectivity index (χ4n) is 6.65. The maximum absolute atomic E-state index is 5.01. The number of benzene rings is 5. The van der Waals surface area contributed by atoms with Gasteiger partial charge in [0.25, 0.3) is 0 Å². The fourth-order valence-corrected chi connectivity index (χ4v) is 6.65. The minimum Gasteiger partial charge on any atom is -0.213 e. The summed E-state index contributed by atoms with van der Waals surface area (Å²) >= 11 is 0. The van der Waals surface area contributed by atoms with Crippen LogP contribution in [-0.4, -0.2) is 15.0 Å². The van der Waals surface area contributed by atoms with Gasteiger partial charge in [-0.15, -0.1) is 0 Å². The lowest BCUT2D eigenvalue weighted by Crippen LogP contribution is -2.25. The standard InChI is InChI=1S/C35H23N3/c1-22-36-33(23-12-3-2-4-13-23)38-34(37-22)27-17-11-21-31-32(27)26-16-7-10-20-30(26)35(31)28-18-8-5-14-24(28)25-15-6-9-19-29(25)35/h2-21H,1H3. The molecule has 6 aromatic rings. The monoisotopic (exact) mass is 485 g/mol. The minimum atomic E-state index is -0.376. The molecule has 0 N–H and O–H groups in total. The van der Waals surface area contributed by atoms with Gasteiger partial charge in [0.05, 0.1) is 5.41 Å². The summed E-state index contributed by atoms with van der Waals surface area (Å²) in [5.74, 6) is 2.12. The molecule has 3 heteroatoms. The first kappa shape index (κ1) is 21.2. The molecule has 0 fully saturated rings. The van der Waals surface area contributed by atoms with Crippen molar-refractivity contribution < 1.29 is 0 Å². The fraction of sp³-hybridized carbons (Fsp3) is 0.0571. The molecule has 0 bridgehead atoms. The average molecular weight is 486 g/mol. The number of hydrogen-bond donors (Lipinski definition) is 0. The molecule has 38 heavy (non-hydrogen) atoms. The van der Waals surface area contributed by atoms with Crippen molar-refractivity contribution in [3.05, 3.63) is 149 Å². The van der Waals surface area contributed by atoms with Crippen LogP contribution >= 0.6 is 0 Å². The summed E-state index contributed by atoms with van der Waals surface area (Å²) in [5.41, 5.74) is 12.0. The van der Waals surface area contributed by atoms with Crippen LogP contribution < -0.4 is 0 Å². The van der Waals surface area contributed by atoms with Crippen LogP contribution in [0.3, 0.4) is 0 Å². The molecule has 0 saturated heterocycles. The zero-order chi connectivity index (χ0) is 25.3. The Balaban J connectivity index is 1.47. The Hall–Kier alpha value is -4.89. The molecular weight excluding hydrogens is 462 g/mol. The topological polar surface area (TPSA) is 38.7 Å². The SMILES string of the molecule is Cc1nc(-c2ccccc2)nc(-c2cccc3c2-c2ccccc2C32c3ccccc3-c3ccccc32)n1. The maximum Gasteiger partial charge on any atom is 0.164 e. The van der Waals surface area contributed by atoms with E-state index in [2.05, 4.69) is 96.0 Å². The van der Waals surface area contributed by atoms with E-state index >= 15 is 0 Å². The van der Waals surface area contributed by atoms with Gasteiger partial charge in [-0.3, -0.25) is 0 Å². The minimum absolute atomic E-state index is 0.376. The van der Waals surface area contributed by atoms with E-state index in [0.717, 1.165) is 11.1 Å². The summed E-state index contributed by atoms with van der Waals surface area (Å²) in [5, 5.41) is 0. The lowest BCUT2D eigenvalue weighted by Gasteiger charge is -2.30. The summed E-state index contributed by atoms with van der Waals surface area (Å²) in [6, 6.07) is 43.3. The highest BCUT2D eigenvalue weighted by Gasteiger charge is 2.52. The van der Waals surface area contributed by atoms with Crippen LogP contribution in [0.2, 0.25) is 0 Å². The first-order valence-electron chi connectivity index (χ1n) is 13.0. The molecule has 5 aromatic carbocycles. The number of rotatable bonds is 2. The van der Waals surface area contributed by atoms with Crippen LogP contribution in [0.15, 0.2) is 121 Å². The van der Waals surface area contributed by atoms with Gasteiger partial charge in [-0.1, -0.05) is 121 Å². The van der Waals surface area contributed by atoms with E-state index in [4.69, 9.17) is 9.97 Å². The molecular formula is C35H23N3. The molecule has 1 aromatic heterocycles. The van der Waals surface area contributed by atoms with E-state index in [1.54, 1.807) is 0 Å². The van der Waals surface area contributed by atoms with Crippen LogP contribution in [0, 0.1) is 6.92 Å². The summed E-state index contributed by atoms with van der Waals surface area (Å²) < 4.78 is 0. The van der Waals surface area contributed by atoms with E-state index in [0.29, 0.717) is 17.5 Å². The molecule has 1 spiro atoms. The molecule has 0 radical (unpaired) electrons. The molecule has 1 heterocycles. The van der Waals surface area contributed by atoms with Crippen LogP contribution in [0.4, 0.5) is 0 Å². The molecule has 0 amide bonds. The van der Waals surface area contributed by atoms with Gasteiger partial charge in [-0.2, -0.15) is 0 Å². The average Bonchev–Trinajstić information content (AvgIpc) is 3.45. The van der Waals surface area contributed by atoms with Crippen molar-refractivity contribution in [2.24, 2.45) is 0 Å². The van der Waals surface area contributed by atoms with Crippen LogP contribution in [0.25, 0.3) is 45.0 Å². The molecule has 0 aliphatic heterocycles. The van der Waals surface area contributed by atoms with Crippen molar-refractivity contribution >= 4 is 0 Å². The highest BCUT2D eigenvalue weighted by molar-refractivity contribution is 5.99. The molecule has 3 nitrogen and oxygen atoms in total. The van der Waals surface area contributed by atoms with E-state index in [1.807, 2.05) is 37.3 Å². The third-order valence-electron chi connectivity index (χ3n) is 8.04. The highest BCUT2D eigenvalue weighted by Crippen LogP contribution is 2.63. The second-order valence-corrected chi connectivity index (χ2v) is 10.0. The molecule has 2 aliphatic rings. The molecule has 8 rings (SSSR count). The Morgan fingerprint density at radius 2 is 0.921 bits per heavy atom. The quantitative estimate of drug-likeness (QED) is 0.250. The van der Waals surface area contributed by atoms with Gasteiger partial charge in [0.2, 0.25) is 0 Å². The summed E-state index contributed by atoms with van der Waals surface area (Å²) in [4.78, 5) is 14.5. The Bertz CT molecular complexity index is 1840. The largest absolute Gasteiger partial charge is 0.213 e. The molecule has 178 valence electrons.